The number of nitrogens with one attached hydrogen (secondary N) is 1. The minimum absolute atomic E-state index is 0.132. The van der Waals surface area contributed by atoms with E-state index in [1.807, 2.05) is 6.07 Å². The van der Waals surface area contributed by atoms with Crippen LogP contribution < -0.4 is 0 Å². The van der Waals surface area contributed by atoms with Crippen LogP contribution in [0.3, 0.4) is 0 Å². The van der Waals surface area contributed by atoms with Gasteiger partial charge in [0.05, 0.1) is 25.2 Å². The Morgan fingerprint density at radius 3 is 2.95 bits per heavy atom. The van der Waals surface area contributed by atoms with Crippen molar-refractivity contribution in [3.05, 3.63) is 30.0 Å². The van der Waals surface area contributed by atoms with Crippen molar-refractivity contribution in [3.8, 4) is 0 Å². The fourth-order valence-electron chi connectivity index (χ4n) is 1.76. The molecular weight excluding hydrogens is 246 g/mol. The molecule has 1 N–H and O–H groups in total. The number of carbonyl (C=O) groups is 2. The van der Waals surface area contributed by atoms with Gasteiger partial charge in [0.1, 0.15) is 0 Å². The molecule has 1 amide bonds. The molecular formula is C13H15N3O3. The van der Waals surface area contributed by atoms with Gasteiger partial charge in [0.25, 0.3) is 5.91 Å². The highest BCUT2D eigenvalue weighted by molar-refractivity contribution is 5.97. The van der Waals surface area contributed by atoms with Crippen molar-refractivity contribution in [3.63, 3.8) is 0 Å². The van der Waals surface area contributed by atoms with Crippen LogP contribution in [0.5, 0.6) is 0 Å². The lowest BCUT2D eigenvalue weighted by Crippen LogP contribution is -2.29. The third-order valence-corrected chi connectivity index (χ3v) is 2.91. The van der Waals surface area contributed by atoms with Crippen LogP contribution in [-0.2, 0) is 9.53 Å². The first kappa shape index (κ1) is 13.1. The molecule has 0 unspecified atom stereocenters. The zero-order valence-corrected chi connectivity index (χ0v) is 10.8. The predicted octanol–water partition coefficient (Wildman–Crippen LogP) is 1.20. The summed E-state index contributed by atoms with van der Waals surface area (Å²) in [5.41, 5.74) is 1.45. The number of hydrogen-bond donors (Lipinski definition) is 1. The Balaban J connectivity index is 2.07. The molecule has 0 fully saturated rings. The zero-order chi connectivity index (χ0) is 13.8. The number of methoxy groups -OCH3 is 1. The Morgan fingerprint density at radius 1 is 1.42 bits per heavy atom. The molecule has 2 rings (SSSR count). The van der Waals surface area contributed by atoms with Gasteiger partial charge >= 0.3 is 5.97 Å². The van der Waals surface area contributed by atoms with Crippen LogP contribution in [0.4, 0.5) is 0 Å². The Hall–Kier alpha value is -2.37. The fraction of sp³-hybridized carbons (Fsp3) is 0.308. The lowest BCUT2D eigenvalue weighted by Gasteiger charge is -2.16. The molecule has 1 aromatic heterocycles. The number of rotatable bonds is 4. The molecule has 0 saturated carbocycles. The zero-order valence-electron chi connectivity index (χ0n) is 10.8. The van der Waals surface area contributed by atoms with Crippen molar-refractivity contribution < 1.29 is 14.3 Å². The molecule has 0 radical (unpaired) electrons. The van der Waals surface area contributed by atoms with Gasteiger partial charge in [-0.1, -0.05) is 0 Å². The Morgan fingerprint density at radius 2 is 2.21 bits per heavy atom. The van der Waals surface area contributed by atoms with E-state index in [0.29, 0.717) is 12.1 Å². The molecule has 1 heterocycles. The summed E-state index contributed by atoms with van der Waals surface area (Å²) in [5, 5.41) is 7.61. The summed E-state index contributed by atoms with van der Waals surface area (Å²) >= 11 is 0. The normalized spacial score (nSPS) is 10.4. The van der Waals surface area contributed by atoms with Crippen molar-refractivity contribution in [2.45, 2.75) is 6.42 Å². The Bertz CT molecular complexity index is 606. The van der Waals surface area contributed by atoms with E-state index in [1.165, 1.54) is 12.0 Å². The minimum atomic E-state index is -0.329. The Kier molecular flexibility index (Phi) is 3.79. The van der Waals surface area contributed by atoms with E-state index in [4.69, 9.17) is 0 Å². The van der Waals surface area contributed by atoms with Gasteiger partial charge in [-0.05, 0) is 18.2 Å². The number of H-pyrrole nitrogens is 1. The molecule has 0 spiro atoms. The average Bonchev–Trinajstić information content (AvgIpc) is 2.90. The largest absolute Gasteiger partial charge is 0.469 e. The highest BCUT2D eigenvalue weighted by Gasteiger charge is 2.13. The molecule has 2 aromatic rings. The van der Waals surface area contributed by atoms with Crippen LogP contribution in [0.25, 0.3) is 10.9 Å². The van der Waals surface area contributed by atoms with E-state index in [1.54, 1.807) is 25.4 Å². The van der Waals surface area contributed by atoms with Crippen LogP contribution in [0, 0.1) is 0 Å². The smallest absolute Gasteiger partial charge is 0.307 e. The summed E-state index contributed by atoms with van der Waals surface area (Å²) < 4.78 is 4.54. The fourth-order valence-corrected chi connectivity index (χ4v) is 1.76. The van der Waals surface area contributed by atoms with Crippen LogP contribution in [0.1, 0.15) is 16.8 Å². The maximum atomic E-state index is 12.2. The van der Waals surface area contributed by atoms with E-state index >= 15 is 0 Å². The number of esters is 1. The van der Waals surface area contributed by atoms with E-state index in [9.17, 15) is 9.59 Å². The summed E-state index contributed by atoms with van der Waals surface area (Å²) in [6.07, 6.45) is 1.85. The summed E-state index contributed by atoms with van der Waals surface area (Å²) in [7, 11) is 2.99. The average molecular weight is 261 g/mol. The van der Waals surface area contributed by atoms with Crippen molar-refractivity contribution in [1.29, 1.82) is 0 Å². The number of nitrogens with zero attached hydrogens (tertiary/aromatic N) is 2. The van der Waals surface area contributed by atoms with Crippen LogP contribution in [-0.4, -0.2) is 47.7 Å². The summed E-state index contributed by atoms with van der Waals surface area (Å²) in [6, 6.07) is 5.32. The standard InChI is InChI=1S/C13H15N3O3/c1-16(6-5-12(17)19-2)13(18)9-3-4-11-10(7-9)8-14-15-11/h3-4,7-8H,5-6H2,1-2H3,(H,14,15). The second-order valence-electron chi connectivity index (χ2n) is 4.22. The molecule has 6 nitrogen and oxygen atoms in total. The third-order valence-electron chi connectivity index (χ3n) is 2.91. The highest BCUT2D eigenvalue weighted by atomic mass is 16.5. The molecule has 0 saturated heterocycles. The summed E-state index contributed by atoms with van der Waals surface area (Å²) in [4.78, 5) is 24.7. The molecule has 19 heavy (non-hydrogen) atoms. The lowest BCUT2D eigenvalue weighted by molar-refractivity contribution is -0.140. The molecule has 100 valence electrons. The molecule has 0 bridgehead atoms. The summed E-state index contributed by atoms with van der Waals surface area (Å²) in [6.45, 7) is 0.328. The number of ether oxygens (including phenoxy) is 1. The molecule has 6 heteroatoms. The Labute approximate surface area is 110 Å². The van der Waals surface area contributed by atoms with Gasteiger partial charge in [0.15, 0.2) is 0 Å². The monoisotopic (exact) mass is 261 g/mol. The molecule has 1 aromatic carbocycles. The number of aromatic amines is 1. The van der Waals surface area contributed by atoms with Crippen LogP contribution in [0.15, 0.2) is 24.4 Å². The van der Waals surface area contributed by atoms with E-state index in [-0.39, 0.29) is 18.3 Å². The highest BCUT2D eigenvalue weighted by Crippen LogP contribution is 2.14. The van der Waals surface area contributed by atoms with Crippen molar-refractivity contribution >= 4 is 22.8 Å². The predicted molar refractivity (Wildman–Crippen MR) is 69.7 cm³/mol. The van der Waals surface area contributed by atoms with E-state index in [2.05, 4.69) is 14.9 Å². The van der Waals surface area contributed by atoms with Gasteiger partial charge in [-0.3, -0.25) is 14.7 Å². The maximum Gasteiger partial charge on any atom is 0.307 e. The number of aromatic nitrogens is 2. The molecule has 0 atom stereocenters. The SMILES string of the molecule is COC(=O)CCN(C)C(=O)c1ccc2[nH]ncc2c1. The van der Waals surface area contributed by atoms with Crippen molar-refractivity contribution in [2.24, 2.45) is 0 Å². The second kappa shape index (κ2) is 5.51. The number of benzene rings is 1. The van der Waals surface area contributed by atoms with Gasteiger partial charge in [0, 0.05) is 24.5 Å². The lowest BCUT2D eigenvalue weighted by atomic mass is 10.1. The third kappa shape index (κ3) is 2.90. The second-order valence-corrected chi connectivity index (χ2v) is 4.22. The van der Waals surface area contributed by atoms with Gasteiger partial charge in [0.2, 0.25) is 0 Å². The number of hydrogen-bond acceptors (Lipinski definition) is 4. The molecule has 0 aliphatic rings. The van der Waals surface area contributed by atoms with Crippen molar-refractivity contribution in [1.82, 2.24) is 15.1 Å². The number of fused-ring (bicyclic) bond motifs is 1. The van der Waals surface area contributed by atoms with Gasteiger partial charge in [-0.25, -0.2) is 0 Å². The first-order valence-corrected chi connectivity index (χ1v) is 5.87. The summed E-state index contributed by atoms with van der Waals surface area (Å²) in [5.74, 6) is -0.461. The minimum Gasteiger partial charge on any atom is -0.469 e. The van der Waals surface area contributed by atoms with Crippen LogP contribution in [0.2, 0.25) is 0 Å². The van der Waals surface area contributed by atoms with Crippen molar-refractivity contribution in [2.75, 3.05) is 20.7 Å². The first-order chi connectivity index (χ1) is 9.11. The number of amides is 1. The van der Waals surface area contributed by atoms with Gasteiger partial charge in [-0.15, -0.1) is 0 Å². The maximum absolute atomic E-state index is 12.2. The molecule has 0 aliphatic heterocycles. The van der Waals surface area contributed by atoms with Crippen LogP contribution >= 0.6 is 0 Å². The topological polar surface area (TPSA) is 75.3 Å². The van der Waals surface area contributed by atoms with E-state index in [0.717, 1.165) is 10.9 Å². The van der Waals surface area contributed by atoms with Gasteiger partial charge in [-0.2, -0.15) is 5.10 Å². The first-order valence-electron chi connectivity index (χ1n) is 5.87. The van der Waals surface area contributed by atoms with Gasteiger partial charge < -0.3 is 9.64 Å². The molecule has 0 aliphatic carbocycles. The van der Waals surface area contributed by atoms with E-state index < -0.39 is 0 Å². The number of carbonyl (C=O) groups excluding carboxylic acids is 2. The quantitative estimate of drug-likeness (QED) is 0.839.